The Balaban J connectivity index is 1.95. The first kappa shape index (κ1) is 16.7. The van der Waals surface area contributed by atoms with Crippen LogP contribution >= 0.6 is 0 Å². The molecule has 3 rings (SSSR count). The van der Waals surface area contributed by atoms with Crippen molar-refractivity contribution in [3.05, 3.63) is 102 Å². The Bertz CT molecular complexity index is 873. The summed E-state index contributed by atoms with van der Waals surface area (Å²) in [6.45, 7) is 0. The number of ketones is 2. The summed E-state index contributed by atoms with van der Waals surface area (Å²) in [5.74, 6) is -0.746. The number of hydrogen-bond donors (Lipinski definition) is 1. The molecule has 3 aromatic carbocycles. The maximum atomic E-state index is 13.1. The molecular weight excluding hydrogens is 310 g/mol. The third kappa shape index (κ3) is 3.83. The smallest absolute Gasteiger partial charge is 0.172 e. The zero-order valence-corrected chi connectivity index (χ0v) is 13.8. The Labute approximate surface area is 147 Å². The monoisotopic (exact) mass is 329 g/mol. The molecule has 3 aromatic rings. The van der Waals surface area contributed by atoms with Crippen LogP contribution in [0.4, 0.5) is 5.69 Å². The zero-order valence-electron chi connectivity index (χ0n) is 13.8. The number of Topliss-reactive ketones (excluding diaryl/α,β-unsaturated/α-hetero) is 2. The Hall–Kier alpha value is -3.20. The molecule has 0 saturated carbocycles. The van der Waals surface area contributed by atoms with Gasteiger partial charge in [0, 0.05) is 23.2 Å². The Kier molecular flexibility index (Phi) is 5.05. The molecule has 2 N–H and O–H groups in total. The van der Waals surface area contributed by atoms with E-state index in [2.05, 4.69) is 0 Å². The number of para-hydroxylation sites is 1. The lowest BCUT2D eigenvalue weighted by Crippen LogP contribution is -2.18. The van der Waals surface area contributed by atoms with Crippen LogP contribution in [0.25, 0.3) is 0 Å². The van der Waals surface area contributed by atoms with Gasteiger partial charge in [0.25, 0.3) is 0 Å². The number of hydrogen-bond acceptors (Lipinski definition) is 3. The van der Waals surface area contributed by atoms with Crippen molar-refractivity contribution in [2.75, 3.05) is 5.73 Å². The van der Waals surface area contributed by atoms with Gasteiger partial charge in [-0.2, -0.15) is 0 Å². The first-order chi connectivity index (χ1) is 12.2. The molecule has 1 unspecified atom stereocenters. The lowest BCUT2D eigenvalue weighted by atomic mass is 9.85. The van der Waals surface area contributed by atoms with E-state index in [0.29, 0.717) is 16.8 Å². The molecule has 0 aliphatic carbocycles. The minimum Gasteiger partial charge on any atom is -0.398 e. The highest BCUT2D eigenvalue weighted by Gasteiger charge is 2.26. The summed E-state index contributed by atoms with van der Waals surface area (Å²) in [5.41, 5.74) is 8.29. The first-order valence-electron chi connectivity index (χ1n) is 8.18. The van der Waals surface area contributed by atoms with Gasteiger partial charge in [0.05, 0.1) is 5.92 Å². The summed E-state index contributed by atoms with van der Waals surface area (Å²) in [5, 5.41) is 0. The molecule has 0 fully saturated rings. The maximum Gasteiger partial charge on any atom is 0.172 e. The van der Waals surface area contributed by atoms with E-state index in [1.807, 2.05) is 48.5 Å². The highest BCUT2D eigenvalue weighted by molar-refractivity contribution is 6.08. The van der Waals surface area contributed by atoms with Crippen LogP contribution in [0.3, 0.4) is 0 Å². The SMILES string of the molecule is Nc1ccccc1C(=O)C(CC(=O)c1ccccc1)c1ccccc1. The maximum absolute atomic E-state index is 13.1. The molecule has 124 valence electrons. The number of nitrogen functional groups attached to an aromatic ring is 1. The number of rotatable bonds is 6. The lowest BCUT2D eigenvalue weighted by molar-refractivity contribution is 0.0894. The summed E-state index contributed by atoms with van der Waals surface area (Å²) in [6.07, 6.45) is 0.112. The van der Waals surface area contributed by atoms with Crippen LogP contribution in [0.2, 0.25) is 0 Å². The van der Waals surface area contributed by atoms with Crippen LogP contribution in [-0.4, -0.2) is 11.6 Å². The fourth-order valence-electron chi connectivity index (χ4n) is 2.88. The van der Waals surface area contributed by atoms with Crippen LogP contribution in [0.1, 0.15) is 38.6 Å². The molecule has 0 aliphatic heterocycles. The van der Waals surface area contributed by atoms with Crippen LogP contribution in [0.15, 0.2) is 84.9 Å². The highest BCUT2D eigenvalue weighted by Crippen LogP contribution is 2.28. The molecule has 25 heavy (non-hydrogen) atoms. The molecule has 1 atom stereocenters. The summed E-state index contributed by atoms with van der Waals surface area (Å²) in [4.78, 5) is 25.8. The number of anilines is 1. The first-order valence-corrected chi connectivity index (χ1v) is 8.18. The third-order valence-corrected chi connectivity index (χ3v) is 4.23. The summed E-state index contributed by atoms with van der Waals surface area (Å²) in [6, 6.07) is 25.4. The normalized spacial score (nSPS) is 11.7. The van der Waals surface area contributed by atoms with E-state index in [-0.39, 0.29) is 18.0 Å². The lowest BCUT2D eigenvalue weighted by Gasteiger charge is -2.17. The van der Waals surface area contributed by atoms with Crippen LogP contribution < -0.4 is 5.73 Å². The summed E-state index contributed by atoms with van der Waals surface area (Å²) >= 11 is 0. The van der Waals surface area contributed by atoms with Gasteiger partial charge in [0.2, 0.25) is 0 Å². The fourth-order valence-corrected chi connectivity index (χ4v) is 2.88. The Morgan fingerprint density at radius 1 is 0.760 bits per heavy atom. The van der Waals surface area contributed by atoms with Crippen molar-refractivity contribution < 1.29 is 9.59 Å². The van der Waals surface area contributed by atoms with Crippen molar-refractivity contribution in [2.24, 2.45) is 0 Å². The molecule has 0 radical (unpaired) electrons. The molecule has 0 heterocycles. The van der Waals surface area contributed by atoms with Gasteiger partial charge >= 0.3 is 0 Å². The molecule has 3 nitrogen and oxygen atoms in total. The highest BCUT2D eigenvalue weighted by atomic mass is 16.1. The number of nitrogens with two attached hydrogens (primary N) is 1. The molecule has 0 saturated heterocycles. The average Bonchev–Trinajstić information content (AvgIpc) is 2.67. The van der Waals surface area contributed by atoms with E-state index in [4.69, 9.17) is 5.73 Å². The number of carbonyl (C=O) groups excluding carboxylic acids is 2. The standard InChI is InChI=1S/C22H19NO2/c23-20-14-8-7-13-18(20)22(25)19(16-9-3-1-4-10-16)15-21(24)17-11-5-2-6-12-17/h1-14,19H,15,23H2. The molecule has 0 bridgehead atoms. The fraction of sp³-hybridized carbons (Fsp3) is 0.0909. The van der Waals surface area contributed by atoms with Crippen molar-refractivity contribution in [3.63, 3.8) is 0 Å². The van der Waals surface area contributed by atoms with E-state index in [0.717, 1.165) is 5.56 Å². The second-order valence-corrected chi connectivity index (χ2v) is 5.91. The van der Waals surface area contributed by atoms with Gasteiger partial charge in [-0.25, -0.2) is 0 Å². The molecule has 0 aliphatic rings. The predicted octanol–water partition coefficient (Wildman–Crippen LogP) is 4.51. The van der Waals surface area contributed by atoms with Gasteiger partial charge in [0.15, 0.2) is 11.6 Å². The summed E-state index contributed by atoms with van der Waals surface area (Å²) in [7, 11) is 0. The van der Waals surface area contributed by atoms with Gasteiger partial charge in [-0.1, -0.05) is 72.8 Å². The molecular formula is C22H19NO2. The minimum absolute atomic E-state index is 0.0581. The van der Waals surface area contributed by atoms with E-state index in [9.17, 15) is 9.59 Å². The molecule has 3 heteroatoms. The summed E-state index contributed by atoms with van der Waals surface area (Å²) < 4.78 is 0. The Morgan fingerprint density at radius 2 is 1.32 bits per heavy atom. The largest absolute Gasteiger partial charge is 0.398 e. The molecule has 0 spiro atoms. The second-order valence-electron chi connectivity index (χ2n) is 5.91. The van der Waals surface area contributed by atoms with Crippen molar-refractivity contribution in [2.45, 2.75) is 12.3 Å². The number of carbonyl (C=O) groups is 2. The van der Waals surface area contributed by atoms with Crippen molar-refractivity contribution in [1.29, 1.82) is 0 Å². The van der Waals surface area contributed by atoms with Crippen molar-refractivity contribution in [3.8, 4) is 0 Å². The van der Waals surface area contributed by atoms with Gasteiger partial charge in [-0.05, 0) is 17.7 Å². The van der Waals surface area contributed by atoms with Gasteiger partial charge in [-0.15, -0.1) is 0 Å². The Morgan fingerprint density at radius 3 is 1.96 bits per heavy atom. The average molecular weight is 329 g/mol. The van der Waals surface area contributed by atoms with Crippen molar-refractivity contribution in [1.82, 2.24) is 0 Å². The van der Waals surface area contributed by atoms with Gasteiger partial charge < -0.3 is 5.73 Å². The molecule has 0 aromatic heterocycles. The van der Waals surface area contributed by atoms with E-state index in [1.165, 1.54) is 0 Å². The van der Waals surface area contributed by atoms with E-state index < -0.39 is 5.92 Å². The second kappa shape index (κ2) is 7.58. The van der Waals surface area contributed by atoms with Crippen LogP contribution in [0.5, 0.6) is 0 Å². The van der Waals surface area contributed by atoms with Crippen LogP contribution in [0, 0.1) is 0 Å². The third-order valence-electron chi connectivity index (χ3n) is 4.23. The quantitative estimate of drug-likeness (QED) is 0.535. The van der Waals surface area contributed by atoms with Gasteiger partial charge in [0.1, 0.15) is 0 Å². The van der Waals surface area contributed by atoms with Crippen LogP contribution in [-0.2, 0) is 0 Å². The molecule has 0 amide bonds. The zero-order chi connectivity index (χ0) is 17.6. The predicted molar refractivity (Wildman–Crippen MR) is 99.8 cm³/mol. The number of benzene rings is 3. The van der Waals surface area contributed by atoms with E-state index in [1.54, 1.807) is 36.4 Å². The topological polar surface area (TPSA) is 60.2 Å². The van der Waals surface area contributed by atoms with Crippen molar-refractivity contribution >= 4 is 17.3 Å². The van der Waals surface area contributed by atoms with Gasteiger partial charge in [-0.3, -0.25) is 9.59 Å². The minimum atomic E-state index is -0.557. The van der Waals surface area contributed by atoms with E-state index >= 15 is 0 Å².